The number of nitrogens with two attached hydrogens (primary N) is 1. The molecule has 0 amide bonds. The van der Waals surface area contributed by atoms with Crippen LogP contribution >= 0.6 is 0 Å². The molecule has 0 unspecified atom stereocenters. The summed E-state index contributed by atoms with van der Waals surface area (Å²) in [5.74, 6) is 3.82. The molecule has 1 aromatic heterocycles. The number of aromatic nitrogens is 1. The molecule has 0 aliphatic heterocycles. The summed E-state index contributed by atoms with van der Waals surface area (Å²) in [7, 11) is 0. The molecule has 0 atom stereocenters. The van der Waals surface area contributed by atoms with Gasteiger partial charge in [-0.25, -0.2) is 5.84 Å². The van der Waals surface area contributed by atoms with Gasteiger partial charge in [-0.3, -0.25) is 30.3 Å². The molecule has 0 aliphatic rings. The van der Waals surface area contributed by atoms with Crippen LogP contribution in [0.5, 0.6) is 5.75 Å². The van der Waals surface area contributed by atoms with Crippen molar-refractivity contribution in [3.05, 3.63) is 73.1 Å². The number of hydrogen-bond donors (Lipinski definition) is 1. The van der Waals surface area contributed by atoms with Crippen molar-refractivity contribution < 1.29 is 24.6 Å². The summed E-state index contributed by atoms with van der Waals surface area (Å²) in [5.41, 5.74) is -3.26. The van der Waals surface area contributed by atoms with Crippen LogP contribution in [0.2, 0.25) is 0 Å². The molecule has 12 heteroatoms. The van der Waals surface area contributed by atoms with E-state index in [0.717, 1.165) is 0 Å². The number of pyridine rings is 1. The number of nitrogens with zero attached hydrogens (tertiary/aromatic N) is 4. The largest absolute Gasteiger partial charge is 0.863 e. The predicted octanol–water partition coefficient (Wildman–Crippen LogP) is 0.173. The van der Waals surface area contributed by atoms with Gasteiger partial charge >= 0.3 is 0 Å². The molecule has 0 radical (unpaired) electrons. The summed E-state index contributed by atoms with van der Waals surface area (Å²) in [5, 5.41) is 42.1. The van der Waals surface area contributed by atoms with E-state index in [-0.39, 0.29) is 0 Å². The lowest BCUT2D eigenvalue weighted by Gasteiger charge is -2.06. The first kappa shape index (κ1) is 17.2. The Morgan fingerprint density at radius 2 is 1.26 bits per heavy atom. The number of nitro groups is 3. The van der Waals surface area contributed by atoms with Crippen LogP contribution in [0.15, 0.2) is 42.7 Å². The lowest BCUT2D eigenvalue weighted by Crippen LogP contribution is -2.42. The van der Waals surface area contributed by atoms with Crippen LogP contribution in [0.4, 0.5) is 17.1 Å². The van der Waals surface area contributed by atoms with Crippen LogP contribution in [0, 0.1) is 30.3 Å². The summed E-state index contributed by atoms with van der Waals surface area (Å²) in [6.07, 6.45) is 3.56. The molecule has 1 heterocycles. The molecule has 23 heavy (non-hydrogen) atoms. The van der Waals surface area contributed by atoms with E-state index in [4.69, 9.17) is 5.84 Å². The lowest BCUT2D eigenvalue weighted by atomic mass is 10.2. The molecule has 0 spiro atoms. The molecule has 0 saturated carbocycles. The number of rotatable bonds is 3. The van der Waals surface area contributed by atoms with E-state index in [0.29, 0.717) is 12.1 Å². The van der Waals surface area contributed by atoms with E-state index in [1.54, 1.807) is 12.4 Å². The Kier molecular flexibility index (Phi) is 5.43. The highest BCUT2D eigenvalue weighted by Gasteiger charge is 2.24. The zero-order valence-electron chi connectivity index (χ0n) is 11.3. The van der Waals surface area contributed by atoms with Gasteiger partial charge in [-0.05, 0) is 0 Å². The summed E-state index contributed by atoms with van der Waals surface area (Å²) in [6.45, 7) is 0. The normalized spacial score (nSPS) is 9.39. The van der Waals surface area contributed by atoms with Gasteiger partial charge < -0.3 is 5.11 Å². The van der Waals surface area contributed by atoms with E-state index in [2.05, 4.69) is 0 Å². The van der Waals surface area contributed by atoms with Gasteiger partial charge in [0.1, 0.15) is 0 Å². The monoisotopic (exact) mass is 323 g/mol. The summed E-state index contributed by atoms with van der Waals surface area (Å²) >= 11 is 0. The maximum absolute atomic E-state index is 11.1. The van der Waals surface area contributed by atoms with Crippen LogP contribution in [-0.2, 0) is 0 Å². The minimum atomic E-state index is -1.46. The third kappa shape index (κ3) is 4.59. The Hall–Kier alpha value is -3.83. The van der Waals surface area contributed by atoms with Gasteiger partial charge in [-0.1, -0.05) is 10.7 Å². The van der Waals surface area contributed by atoms with Crippen molar-refractivity contribution >= 4 is 17.1 Å². The molecule has 0 saturated heterocycles. The minimum Gasteiger partial charge on any atom is -0.863 e. The highest BCUT2D eigenvalue weighted by atomic mass is 16.6. The molecule has 2 aromatic rings. The third-order valence-corrected chi connectivity index (χ3v) is 2.38. The van der Waals surface area contributed by atoms with Crippen molar-refractivity contribution in [3.63, 3.8) is 0 Å². The molecule has 2 N–H and O–H groups in total. The fraction of sp³-hybridized carbons (Fsp3) is 0. The van der Waals surface area contributed by atoms with E-state index in [1.807, 2.05) is 18.2 Å². The van der Waals surface area contributed by atoms with E-state index < -0.39 is 37.6 Å². The molecule has 12 nitrogen and oxygen atoms in total. The molecule has 1 aromatic carbocycles. The smallest absolute Gasteiger partial charge is 0.283 e. The number of nitro benzene ring substituents is 3. The predicted molar refractivity (Wildman–Crippen MR) is 72.6 cm³/mol. The van der Waals surface area contributed by atoms with E-state index in [1.165, 1.54) is 4.68 Å². The highest BCUT2D eigenvalue weighted by molar-refractivity contribution is 5.63. The maximum atomic E-state index is 11.1. The second kappa shape index (κ2) is 7.26. The molecule has 120 valence electrons. The van der Waals surface area contributed by atoms with Crippen LogP contribution in [0.25, 0.3) is 0 Å². The first-order valence-corrected chi connectivity index (χ1v) is 5.73. The Labute approximate surface area is 127 Å². The van der Waals surface area contributed by atoms with Crippen LogP contribution < -0.4 is 15.6 Å². The summed E-state index contributed by atoms with van der Waals surface area (Å²) in [6, 6.07) is 6.44. The topological polar surface area (TPSA) is 182 Å². The van der Waals surface area contributed by atoms with E-state index in [9.17, 15) is 35.4 Å². The Bertz CT molecular complexity index is 715. The SMILES string of the molecule is N[n+]1ccccc1.O=[N+]([O-])c1cc([N+](=O)[O-])c([O-])c([N+](=O)[O-])c1. The third-order valence-electron chi connectivity index (χ3n) is 2.38. The van der Waals surface area contributed by atoms with Crippen molar-refractivity contribution in [2.75, 3.05) is 5.84 Å². The Morgan fingerprint density at radius 1 is 0.826 bits per heavy atom. The highest BCUT2D eigenvalue weighted by Crippen LogP contribution is 2.36. The fourth-order valence-electron chi connectivity index (χ4n) is 1.37. The van der Waals surface area contributed by atoms with Gasteiger partial charge in [0.05, 0.1) is 32.7 Å². The first-order chi connectivity index (χ1) is 10.7. The van der Waals surface area contributed by atoms with Gasteiger partial charge in [0, 0.05) is 12.1 Å². The van der Waals surface area contributed by atoms with Gasteiger partial charge in [-0.15, -0.1) is 0 Å². The number of nitrogen functional groups attached to an aromatic ring is 1. The molecule has 2 rings (SSSR count). The first-order valence-electron chi connectivity index (χ1n) is 5.73. The van der Waals surface area contributed by atoms with Gasteiger partial charge in [-0.2, -0.15) is 0 Å². The average Bonchev–Trinajstić information content (AvgIpc) is 2.48. The van der Waals surface area contributed by atoms with Gasteiger partial charge in [0.2, 0.25) is 0 Å². The number of hydrogen-bond acceptors (Lipinski definition) is 8. The van der Waals surface area contributed by atoms with Crippen LogP contribution in [0.3, 0.4) is 0 Å². The summed E-state index contributed by atoms with van der Waals surface area (Å²) in [4.78, 5) is 27.5. The molecular formula is C11H9N5O7. The quantitative estimate of drug-likeness (QED) is 0.358. The zero-order chi connectivity index (χ0) is 17.6. The molecular weight excluding hydrogens is 314 g/mol. The van der Waals surface area contributed by atoms with Gasteiger partial charge in [0.25, 0.3) is 17.1 Å². The molecule has 0 bridgehead atoms. The molecule has 0 aliphatic carbocycles. The van der Waals surface area contributed by atoms with Crippen LogP contribution in [0.1, 0.15) is 0 Å². The number of non-ortho nitro benzene ring substituents is 1. The van der Waals surface area contributed by atoms with Crippen LogP contribution in [-0.4, -0.2) is 14.8 Å². The lowest BCUT2D eigenvalue weighted by molar-refractivity contribution is -0.638. The van der Waals surface area contributed by atoms with Gasteiger partial charge in [0.15, 0.2) is 12.4 Å². The zero-order valence-corrected chi connectivity index (χ0v) is 11.3. The second-order valence-corrected chi connectivity index (χ2v) is 3.91. The minimum absolute atomic E-state index is 0.384. The fourth-order valence-corrected chi connectivity index (χ4v) is 1.37. The molecule has 0 fully saturated rings. The second-order valence-electron chi connectivity index (χ2n) is 3.91. The van der Waals surface area contributed by atoms with E-state index >= 15 is 0 Å². The van der Waals surface area contributed by atoms with Crippen molar-refractivity contribution in [2.45, 2.75) is 0 Å². The average molecular weight is 323 g/mol. The standard InChI is InChI=1S/C6H3N3O7.C5H7N2/c10-6-4(8(13)14)1-3(7(11)12)2-5(6)9(15)16;6-7-4-2-1-3-5-7/h1-2,10H;1-5H,6H2/q;+1/p-1. The Morgan fingerprint density at radius 3 is 1.52 bits per heavy atom. The van der Waals surface area contributed by atoms with Crippen molar-refractivity contribution in [1.29, 1.82) is 0 Å². The summed E-state index contributed by atoms with van der Waals surface area (Å²) < 4.78 is 1.50. The van der Waals surface area contributed by atoms with Crippen molar-refractivity contribution in [3.8, 4) is 5.75 Å². The maximum Gasteiger partial charge on any atom is 0.283 e. The van der Waals surface area contributed by atoms with Crippen molar-refractivity contribution in [1.82, 2.24) is 0 Å². The number of benzene rings is 1. The Balaban J connectivity index is 0.000000313. The van der Waals surface area contributed by atoms with Crippen molar-refractivity contribution in [2.24, 2.45) is 0 Å².